The van der Waals surface area contributed by atoms with Gasteiger partial charge in [0.15, 0.2) is 5.69 Å². The summed E-state index contributed by atoms with van der Waals surface area (Å²) in [5, 5.41) is 5.60. The van der Waals surface area contributed by atoms with Crippen LogP contribution in [-0.2, 0) is 0 Å². The smallest absolute Gasteiger partial charge is 0.275 e. The Morgan fingerprint density at radius 1 is 1.17 bits per heavy atom. The quantitative estimate of drug-likeness (QED) is 0.845. The van der Waals surface area contributed by atoms with Gasteiger partial charge in [0, 0.05) is 5.39 Å². The van der Waals surface area contributed by atoms with Gasteiger partial charge in [-0.2, -0.15) is 5.10 Å². The van der Waals surface area contributed by atoms with Gasteiger partial charge in [-0.1, -0.05) is 18.2 Å². The van der Waals surface area contributed by atoms with E-state index >= 15 is 0 Å². The summed E-state index contributed by atoms with van der Waals surface area (Å²) in [7, 11) is 2.13. The molecule has 6 heteroatoms. The molecule has 0 spiro atoms. The third-order valence-electron chi connectivity index (χ3n) is 4.42. The number of aromatic nitrogens is 2. The molecule has 1 fully saturated rings. The summed E-state index contributed by atoms with van der Waals surface area (Å²) in [6.45, 7) is 7.12. The molecule has 1 saturated heterocycles. The van der Waals surface area contributed by atoms with E-state index in [-0.39, 0.29) is 17.5 Å². The van der Waals surface area contributed by atoms with Crippen LogP contribution in [0, 0.1) is 0 Å². The van der Waals surface area contributed by atoms with Crippen molar-refractivity contribution in [3.8, 4) is 0 Å². The van der Waals surface area contributed by atoms with Gasteiger partial charge in [0.25, 0.3) is 11.5 Å². The molecule has 0 unspecified atom stereocenters. The number of carbonyl (C=O) groups is 1. The number of carbonyl (C=O) groups excluding carboxylic acids is 1. The summed E-state index contributed by atoms with van der Waals surface area (Å²) in [6, 6.07) is 7.15. The maximum Gasteiger partial charge on any atom is 0.275 e. The van der Waals surface area contributed by atoms with Crippen molar-refractivity contribution in [2.45, 2.75) is 19.9 Å². The third kappa shape index (κ3) is 2.86. The monoisotopic (exact) mass is 315 g/mol. The fourth-order valence-corrected chi connectivity index (χ4v) is 2.96. The van der Waals surface area contributed by atoms with Gasteiger partial charge in [-0.3, -0.25) is 9.59 Å². The van der Waals surface area contributed by atoms with E-state index in [1.807, 2.05) is 36.9 Å². The van der Waals surface area contributed by atoms with Crippen molar-refractivity contribution in [1.82, 2.24) is 14.7 Å². The second kappa shape index (κ2) is 6.12. The number of fused-ring (bicyclic) bond motifs is 1. The largest absolute Gasteiger partial charge is 0.334 e. The molecule has 23 heavy (non-hydrogen) atoms. The van der Waals surface area contributed by atoms with Crippen LogP contribution in [0.2, 0.25) is 0 Å². The number of piperazine rings is 1. The van der Waals surface area contributed by atoms with Gasteiger partial charge in [0.05, 0.1) is 44.7 Å². The number of rotatable bonds is 2. The lowest BCUT2D eigenvalue weighted by Crippen LogP contribution is -3.12. The molecule has 0 atom stereocenters. The van der Waals surface area contributed by atoms with Crippen LogP contribution in [-0.4, -0.2) is 53.8 Å². The lowest BCUT2D eigenvalue weighted by molar-refractivity contribution is -0.883. The van der Waals surface area contributed by atoms with Crippen LogP contribution in [0.25, 0.3) is 10.8 Å². The highest BCUT2D eigenvalue weighted by molar-refractivity contribution is 6.04. The predicted molar refractivity (Wildman–Crippen MR) is 88.9 cm³/mol. The summed E-state index contributed by atoms with van der Waals surface area (Å²) in [5.74, 6) is -0.0805. The van der Waals surface area contributed by atoms with E-state index in [1.165, 1.54) is 9.58 Å². The fraction of sp³-hybridized carbons (Fsp3) is 0.471. The lowest BCUT2D eigenvalue weighted by Gasteiger charge is -2.30. The molecule has 2 aromatic rings. The van der Waals surface area contributed by atoms with Crippen LogP contribution < -0.4 is 10.5 Å². The summed E-state index contributed by atoms with van der Waals surface area (Å²) in [5.41, 5.74) is 0.239. The molecule has 1 aromatic heterocycles. The highest BCUT2D eigenvalue weighted by Gasteiger charge is 2.26. The number of hydrogen-bond acceptors (Lipinski definition) is 3. The van der Waals surface area contributed by atoms with Gasteiger partial charge in [0.2, 0.25) is 0 Å². The zero-order chi connectivity index (χ0) is 16.6. The van der Waals surface area contributed by atoms with Crippen molar-refractivity contribution in [3.63, 3.8) is 0 Å². The van der Waals surface area contributed by atoms with Crippen LogP contribution in [0.15, 0.2) is 29.1 Å². The van der Waals surface area contributed by atoms with Gasteiger partial charge in [-0.15, -0.1) is 0 Å². The van der Waals surface area contributed by atoms with Gasteiger partial charge < -0.3 is 9.80 Å². The Balaban J connectivity index is 2.11. The Morgan fingerprint density at radius 2 is 1.78 bits per heavy atom. The molecule has 0 radical (unpaired) electrons. The first-order valence-corrected chi connectivity index (χ1v) is 8.11. The molecular formula is C17H23N4O2+. The Morgan fingerprint density at radius 3 is 2.39 bits per heavy atom. The predicted octanol–water partition coefficient (Wildman–Crippen LogP) is -0.0521. The molecule has 0 bridgehead atoms. The van der Waals surface area contributed by atoms with Gasteiger partial charge in [-0.25, -0.2) is 4.68 Å². The van der Waals surface area contributed by atoms with Crippen LogP contribution in [0.3, 0.4) is 0 Å². The minimum absolute atomic E-state index is 0.0805. The number of nitrogens with zero attached hydrogens (tertiary/aromatic N) is 3. The second-order valence-electron chi connectivity index (χ2n) is 6.49. The zero-order valence-corrected chi connectivity index (χ0v) is 13.9. The Bertz CT molecular complexity index is 789. The molecule has 3 rings (SSSR count). The number of likely N-dealkylation sites (N-methyl/N-ethyl adjacent to an activating group) is 1. The average molecular weight is 315 g/mol. The average Bonchev–Trinajstić information content (AvgIpc) is 2.55. The Labute approximate surface area is 135 Å². The third-order valence-corrected chi connectivity index (χ3v) is 4.42. The second-order valence-corrected chi connectivity index (χ2v) is 6.49. The normalized spacial score (nSPS) is 16.3. The van der Waals surface area contributed by atoms with Crippen molar-refractivity contribution in [3.05, 3.63) is 40.3 Å². The summed E-state index contributed by atoms with van der Waals surface area (Å²) < 4.78 is 1.41. The molecule has 1 aromatic carbocycles. The Hall–Kier alpha value is -2.21. The van der Waals surface area contributed by atoms with Crippen molar-refractivity contribution in [2.24, 2.45) is 0 Å². The maximum absolute atomic E-state index is 12.9. The van der Waals surface area contributed by atoms with Crippen molar-refractivity contribution in [1.29, 1.82) is 0 Å². The van der Waals surface area contributed by atoms with Crippen LogP contribution in [0.1, 0.15) is 30.4 Å². The van der Waals surface area contributed by atoms with E-state index in [2.05, 4.69) is 12.1 Å². The van der Waals surface area contributed by atoms with E-state index in [0.29, 0.717) is 16.5 Å². The topological polar surface area (TPSA) is 59.6 Å². The Kier molecular flexibility index (Phi) is 4.17. The molecule has 1 aliphatic heterocycles. The van der Waals surface area contributed by atoms with Crippen molar-refractivity contribution < 1.29 is 9.69 Å². The first kappa shape index (κ1) is 15.7. The summed E-state index contributed by atoms with van der Waals surface area (Å²) >= 11 is 0. The van der Waals surface area contributed by atoms with E-state index in [4.69, 9.17) is 0 Å². The first-order chi connectivity index (χ1) is 11.0. The molecule has 6 nitrogen and oxygen atoms in total. The molecule has 2 heterocycles. The van der Waals surface area contributed by atoms with E-state index < -0.39 is 0 Å². The molecular weight excluding hydrogens is 292 g/mol. The molecule has 1 N–H and O–H groups in total. The van der Waals surface area contributed by atoms with Crippen LogP contribution in [0.5, 0.6) is 0 Å². The van der Waals surface area contributed by atoms with Gasteiger partial charge >= 0.3 is 0 Å². The first-order valence-electron chi connectivity index (χ1n) is 8.11. The number of hydrogen-bond donors (Lipinski definition) is 1. The summed E-state index contributed by atoms with van der Waals surface area (Å²) in [4.78, 5) is 28.8. The van der Waals surface area contributed by atoms with Crippen LogP contribution in [0.4, 0.5) is 0 Å². The van der Waals surface area contributed by atoms with Gasteiger partial charge in [0.1, 0.15) is 0 Å². The number of amides is 1. The molecule has 1 aliphatic rings. The van der Waals surface area contributed by atoms with E-state index in [0.717, 1.165) is 26.2 Å². The molecule has 0 aliphatic carbocycles. The van der Waals surface area contributed by atoms with Crippen molar-refractivity contribution >= 4 is 16.7 Å². The van der Waals surface area contributed by atoms with Gasteiger partial charge in [-0.05, 0) is 19.9 Å². The minimum Gasteiger partial charge on any atom is -0.334 e. The standard InChI is InChI=1S/C17H22N4O2/c1-12(2)21-16(22)14-7-5-4-6-13(14)15(18-21)17(23)20-10-8-19(3)9-11-20/h4-7,12H,8-11H2,1-3H3/p+1. The number of nitrogens with one attached hydrogen (secondary N) is 1. The highest BCUT2D eigenvalue weighted by atomic mass is 16.2. The summed E-state index contributed by atoms with van der Waals surface area (Å²) in [6.07, 6.45) is 0. The molecule has 122 valence electrons. The number of quaternary nitrogens is 1. The minimum atomic E-state index is -0.144. The lowest BCUT2D eigenvalue weighted by atomic mass is 10.1. The highest BCUT2D eigenvalue weighted by Crippen LogP contribution is 2.16. The fourth-order valence-electron chi connectivity index (χ4n) is 2.96. The molecule has 0 saturated carbocycles. The van der Waals surface area contributed by atoms with Crippen LogP contribution >= 0.6 is 0 Å². The van der Waals surface area contributed by atoms with E-state index in [9.17, 15) is 9.59 Å². The maximum atomic E-state index is 12.9. The zero-order valence-electron chi connectivity index (χ0n) is 13.9. The van der Waals surface area contributed by atoms with E-state index in [1.54, 1.807) is 6.07 Å². The molecule has 1 amide bonds. The SMILES string of the molecule is CC(C)n1nc(C(=O)N2CC[NH+](C)CC2)c2ccccc2c1=O. The van der Waals surface area contributed by atoms with Crippen molar-refractivity contribution in [2.75, 3.05) is 33.2 Å². The number of benzene rings is 1.